The number of nitrogens with one attached hydrogen (secondary N) is 1. The Morgan fingerprint density at radius 2 is 2.00 bits per heavy atom. The van der Waals surface area contributed by atoms with Crippen molar-refractivity contribution in [2.45, 2.75) is 38.2 Å². The number of amides is 1. The van der Waals surface area contributed by atoms with E-state index in [-0.39, 0.29) is 18.9 Å². The summed E-state index contributed by atoms with van der Waals surface area (Å²) < 4.78 is 0. The zero-order valence-electron chi connectivity index (χ0n) is 10.6. The zero-order chi connectivity index (χ0) is 13.6. The monoisotopic (exact) mass is 275 g/mol. The first-order valence-corrected chi connectivity index (χ1v) is 7.33. The van der Waals surface area contributed by atoms with Crippen LogP contribution in [0.2, 0.25) is 0 Å². The highest BCUT2D eigenvalue weighted by Crippen LogP contribution is 2.25. The zero-order valence-corrected chi connectivity index (χ0v) is 11.5. The highest BCUT2D eigenvalue weighted by Gasteiger charge is 2.25. The average Bonchev–Trinajstić information content (AvgIpc) is 2.26. The normalized spacial score (nSPS) is 20.1. The first-order chi connectivity index (χ1) is 8.39. The summed E-state index contributed by atoms with van der Waals surface area (Å²) >= 11 is 1.91. The molecule has 0 aromatic rings. The van der Waals surface area contributed by atoms with Crippen molar-refractivity contribution in [2.75, 3.05) is 18.1 Å². The predicted molar refractivity (Wildman–Crippen MR) is 70.6 cm³/mol. The number of carbonyl (C=O) groups excluding carboxylic acids is 1. The summed E-state index contributed by atoms with van der Waals surface area (Å²) in [6, 6.07) is 0. The molecule has 0 aromatic carbocycles. The second-order valence-corrected chi connectivity index (χ2v) is 6.33. The average molecular weight is 275 g/mol. The van der Waals surface area contributed by atoms with Crippen molar-refractivity contribution < 1.29 is 19.8 Å². The summed E-state index contributed by atoms with van der Waals surface area (Å²) in [5, 5.41) is 21.0. The van der Waals surface area contributed by atoms with Gasteiger partial charge < -0.3 is 15.5 Å². The van der Waals surface area contributed by atoms with Crippen LogP contribution in [0, 0.1) is 5.92 Å². The third kappa shape index (κ3) is 6.26. The van der Waals surface area contributed by atoms with Gasteiger partial charge >= 0.3 is 5.97 Å². The number of aliphatic hydroxyl groups is 1. The number of carboxylic acid groups (broad SMARTS) is 1. The van der Waals surface area contributed by atoms with Gasteiger partial charge in [0.15, 0.2) is 0 Å². The second kappa shape index (κ2) is 6.99. The van der Waals surface area contributed by atoms with Gasteiger partial charge in [-0.15, -0.1) is 0 Å². The predicted octanol–water partition coefficient (Wildman–Crippen LogP) is 0.862. The van der Waals surface area contributed by atoms with E-state index in [1.54, 1.807) is 0 Å². The lowest BCUT2D eigenvalue weighted by atomic mass is 9.98. The summed E-state index contributed by atoms with van der Waals surface area (Å²) in [4.78, 5) is 22.2. The lowest BCUT2D eigenvalue weighted by molar-refractivity contribution is -0.142. The van der Waals surface area contributed by atoms with Crippen molar-refractivity contribution in [1.29, 1.82) is 0 Å². The molecule has 0 saturated carbocycles. The first-order valence-electron chi connectivity index (χ1n) is 6.18. The third-order valence-electron chi connectivity index (χ3n) is 3.01. The molecule has 1 atom stereocenters. The van der Waals surface area contributed by atoms with Gasteiger partial charge in [0, 0.05) is 13.0 Å². The number of aliphatic carboxylic acids is 1. The number of thioether (sulfide) groups is 1. The molecule has 0 bridgehead atoms. The van der Waals surface area contributed by atoms with E-state index in [1.807, 2.05) is 11.8 Å². The number of hydrogen-bond acceptors (Lipinski definition) is 4. The van der Waals surface area contributed by atoms with E-state index in [2.05, 4.69) is 5.32 Å². The van der Waals surface area contributed by atoms with Gasteiger partial charge in [0.05, 0.1) is 12.0 Å². The Labute approximate surface area is 111 Å². The van der Waals surface area contributed by atoms with Crippen LogP contribution in [0.5, 0.6) is 0 Å². The standard InChI is InChI=1S/C12H21NO4S/c1-12(17,7-11(15)16)8-13-10(14)6-9-2-4-18-5-3-9/h9,17H,2-8H2,1H3,(H,13,14)(H,15,16). The third-order valence-corrected chi connectivity index (χ3v) is 4.06. The van der Waals surface area contributed by atoms with Crippen molar-refractivity contribution in [2.24, 2.45) is 5.92 Å². The van der Waals surface area contributed by atoms with Crippen molar-refractivity contribution in [3.63, 3.8) is 0 Å². The van der Waals surface area contributed by atoms with E-state index >= 15 is 0 Å². The Morgan fingerprint density at radius 3 is 2.56 bits per heavy atom. The highest BCUT2D eigenvalue weighted by atomic mass is 32.2. The molecule has 0 aliphatic carbocycles. The van der Waals surface area contributed by atoms with Gasteiger partial charge in [-0.05, 0) is 37.2 Å². The van der Waals surface area contributed by atoms with Crippen LogP contribution in [0.1, 0.15) is 32.6 Å². The van der Waals surface area contributed by atoms with Crippen LogP contribution < -0.4 is 5.32 Å². The number of rotatable bonds is 6. The van der Waals surface area contributed by atoms with Crippen LogP contribution in [0.25, 0.3) is 0 Å². The Kier molecular flexibility index (Phi) is 5.95. The molecule has 18 heavy (non-hydrogen) atoms. The maximum atomic E-state index is 11.7. The van der Waals surface area contributed by atoms with Crippen LogP contribution >= 0.6 is 11.8 Å². The fourth-order valence-electron chi connectivity index (χ4n) is 1.96. The van der Waals surface area contributed by atoms with E-state index < -0.39 is 11.6 Å². The topological polar surface area (TPSA) is 86.6 Å². The summed E-state index contributed by atoms with van der Waals surface area (Å²) in [7, 11) is 0. The SMILES string of the molecule is CC(O)(CNC(=O)CC1CCSCC1)CC(=O)O. The fourth-order valence-corrected chi connectivity index (χ4v) is 3.17. The van der Waals surface area contributed by atoms with E-state index in [1.165, 1.54) is 6.92 Å². The lowest BCUT2D eigenvalue weighted by Crippen LogP contribution is -2.42. The maximum Gasteiger partial charge on any atom is 0.306 e. The van der Waals surface area contributed by atoms with Gasteiger partial charge in [0.25, 0.3) is 0 Å². The van der Waals surface area contributed by atoms with Crippen molar-refractivity contribution >= 4 is 23.6 Å². The molecule has 1 aliphatic heterocycles. The minimum atomic E-state index is -1.39. The highest BCUT2D eigenvalue weighted by molar-refractivity contribution is 7.99. The second-order valence-electron chi connectivity index (χ2n) is 5.10. The summed E-state index contributed by atoms with van der Waals surface area (Å²) in [6.07, 6.45) is 2.23. The number of carboxylic acids is 1. The Balaban J connectivity index is 2.25. The van der Waals surface area contributed by atoms with Gasteiger partial charge in [-0.25, -0.2) is 0 Å². The fraction of sp³-hybridized carbons (Fsp3) is 0.833. The van der Waals surface area contributed by atoms with E-state index in [4.69, 9.17) is 5.11 Å². The van der Waals surface area contributed by atoms with Crippen LogP contribution in [-0.2, 0) is 9.59 Å². The molecule has 3 N–H and O–H groups in total. The van der Waals surface area contributed by atoms with Crippen LogP contribution in [0.4, 0.5) is 0 Å². The smallest absolute Gasteiger partial charge is 0.306 e. The van der Waals surface area contributed by atoms with Crippen molar-refractivity contribution in [3.8, 4) is 0 Å². The van der Waals surface area contributed by atoms with E-state index in [0.29, 0.717) is 12.3 Å². The molecule has 1 heterocycles. The molecule has 1 fully saturated rings. The summed E-state index contributed by atoms with van der Waals surface area (Å²) in [6.45, 7) is 1.40. The quantitative estimate of drug-likeness (QED) is 0.669. The Morgan fingerprint density at radius 1 is 1.39 bits per heavy atom. The minimum absolute atomic E-state index is 0.0143. The largest absolute Gasteiger partial charge is 0.481 e. The Hall–Kier alpha value is -0.750. The lowest BCUT2D eigenvalue weighted by Gasteiger charge is -2.24. The van der Waals surface area contributed by atoms with Gasteiger partial charge in [-0.1, -0.05) is 0 Å². The molecular formula is C12H21NO4S. The Bertz CT molecular complexity index is 300. The minimum Gasteiger partial charge on any atom is -0.481 e. The molecule has 5 nitrogen and oxygen atoms in total. The molecule has 6 heteroatoms. The molecule has 1 rings (SSSR count). The van der Waals surface area contributed by atoms with Crippen molar-refractivity contribution in [1.82, 2.24) is 5.32 Å². The molecule has 1 saturated heterocycles. The molecular weight excluding hydrogens is 254 g/mol. The molecule has 104 valence electrons. The van der Waals surface area contributed by atoms with Crippen molar-refractivity contribution in [3.05, 3.63) is 0 Å². The van der Waals surface area contributed by atoms with E-state index in [0.717, 1.165) is 24.3 Å². The van der Waals surface area contributed by atoms with E-state index in [9.17, 15) is 14.7 Å². The summed E-state index contributed by atoms with van der Waals surface area (Å²) in [5.74, 6) is 1.47. The van der Waals surface area contributed by atoms with Gasteiger partial charge in [-0.2, -0.15) is 11.8 Å². The van der Waals surface area contributed by atoms with Crippen LogP contribution in [0.15, 0.2) is 0 Å². The first kappa shape index (κ1) is 15.3. The molecule has 0 radical (unpaired) electrons. The molecule has 0 spiro atoms. The number of hydrogen-bond donors (Lipinski definition) is 3. The molecule has 1 unspecified atom stereocenters. The molecule has 1 amide bonds. The summed E-state index contributed by atoms with van der Waals surface area (Å²) in [5.41, 5.74) is -1.39. The molecule has 1 aliphatic rings. The van der Waals surface area contributed by atoms with Gasteiger partial charge in [0.2, 0.25) is 5.91 Å². The molecule has 0 aromatic heterocycles. The number of carbonyl (C=O) groups is 2. The van der Waals surface area contributed by atoms with Gasteiger partial charge in [-0.3, -0.25) is 9.59 Å². The van der Waals surface area contributed by atoms with Crippen LogP contribution in [-0.4, -0.2) is 45.7 Å². The van der Waals surface area contributed by atoms with Crippen LogP contribution in [0.3, 0.4) is 0 Å². The maximum absolute atomic E-state index is 11.7. The van der Waals surface area contributed by atoms with Gasteiger partial charge in [0.1, 0.15) is 0 Å².